The minimum Gasteiger partial charge on any atom is -0.314 e. The Morgan fingerprint density at radius 3 is 1.31 bits per heavy atom. The second-order valence-corrected chi connectivity index (χ2v) is 6.80. The molecular formula is C22H34Cl2N2. The van der Waals surface area contributed by atoms with E-state index in [1.54, 1.807) is 0 Å². The first kappa shape index (κ1) is 24.9. The van der Waals surface area contributed by atoms with Gasteiger partial charge in [0.05, 0.1) is 0 Å². The van der Waals surface area contributed by atoms with Gasteiger partial charge in [-0.25, -0.2) is 0 Å². The Balaban J connectivity index is 0.00000312. The first-order valence-electron chi connectivity index (χ1n) is 9.28. The summed E-state index contributed by atoms with van der Waals surface area (Å²) in [6.45, 7) is 6.74. The van der Waals surface area contributed by atoms with Crippen LogP contribution in [-0.4, -0.2) is 25.2 Å². The highest BCUT2D eigenvalue weighted by Crippen LogP contribution is 2.04. The molecule has 2 unspecified atom stereocenters. The first-order valence-corrected chi connectivity index (χ1v) is 9.28. The fourth-order valence-electron chi connectivity index (χ4n) is 3.03. The Hall–Kier alpha value is -1.06. The summed E-state index contributed by atoms with van der Waals surface area (Å²) in [5.41, 5.74) is 2.82. The third kappa shape index (κ3) is 10.8. The molecule has 2 aromatic rings. The molecule has 2 nitrogen and oxygen atoms in total. The lowest BCUT2D eigenvalue weighted by molar-refractivity contribution is 0.492. The predicted molar refractivity (Wildman–Crippen MR) is 119 cm³/mol. The van der Waals surface area contributed by atoms with Gasteiger partial charge in [-0.15, -0.1) is 24.8 Å². The fraction of sp³-hybridized carbons (Fsp3) is 0.455. The van der Waals surface area contributed by atoms with Crippen LogP contribution >= 0.6 is 24.8 Å². The highest BCUT2D eigenvalue weighted by Gasteiger charge is 2.03. The van der Waals surface area contributed by atoms with E-state index in [-0.39, 0.29) is 24.8 Å². The van der Waals surface area contributed by atoms with E-state index in [0.717, 1.165) is 25.9 Å². The molecule has 4 heteroatoms. The van der Waals surface area contributed by atoms with Gasteiger partial charge in [-0.3, -0.25) is 0 Å². The van der Waals surface area contributed by atoms with Crippen LogP contribution in [0.2, 0.25) is 0 Å². The van der Waals surface area contributed by atoms with Gasteiger partial charge in [0.1, 0.15) is 0 Å². The summed E-state index contributed by atoms with van der Waals surface area (Å²) in [6, 6.07) is 22.5. The summed E-state index contributed by atoms with van der Waals surface area (Å²) in [6.07, 6.45) is 4.66. The van der Waals surface area contributed by atoms with Crippen LogP contribution in [0, 0.1) is 0 Å². The van der Waals surface area contributed by atoms with E-state index in [2.05, 4.69) is 85.1 Å². The minimum absolute atomic E-state index is 0. The molecule has 0 aliphatic carbocycles. The molecular weight excluding hydrogens is 363 g/mol. The number of halogens is 2. The summed E-state index contributed by atoms with van der Waals surface area (Å²) in [5, 5.41) is 7.26. The molecule has 0 radical (unpaired) electrons. The normalized spacial score (nSPS) is 12.5. The molecule has 26 heavy (non-hydrogen) atoms. The van der Waals surface area contributed by atoms with Crippen LogP contribution in [0.1, 0.15) is 37.8 Å². The number of hydrogen-bond donors (Lipinski definition) is 2. The predicted octanol–water partition coefficient (Wildman–Crippen LogP) is 5.05. The Morgan fingerprint density at radius 2 is 0.962 bits per heavy atom. The Labute approximate surface area is 172 Å². The zero-order chi connectivity index (χ0) is 17.0. The molecule has 146 valence electrons. The summed E-state index contributed by atoms with van der Waals surface area (Å²) in [7, 11) is 0. The van der Waals surface area contributed by atoms with Crippen LogP contribution in [0.4, 0.5) is 0 Å². The quantitative estimate of drug-likeness (QED) is 0.519. The van der Waals surface area contributed by atoms with Gasteiger partial charge in [0.15, 0.2) is 0 Å². The second kappa shape index (κ2) is 15.0. The van der Waals surface area contributed by atoms with Gasteiger partial charge in [-0.1, -0.05) is 60.7 Å². The van der Waals surface area contributed by atoms with Crippen molar-refractivity contribution in [2.24, 2.45) is 0 Å². The van der Waals surface area contributed by atoms with E-state index in [9.17, 15) is 0 Å². The number of hydrogen-bond acceptors (Lipinski definition) is 2. The van der Waals surface area contributed by atoms with Gasteiger partial charge in [-0.2, -0.15) is 0 Å². The van der Waals surface area contributed by atoms with Crippen molar-refractivity contribution in [2.45, 2.75) is 51.6 Å². The zero-order valence-electron chi connectivity index (χ0n) is 16.0. The van der Waals surface area contributed by atoms with Crippen molar-refractivity contribution in [3.05, 3.63) is 71.8 Å². The maximum Gasteiger partial charge on any atom is 0.00791 e. The highest BCUT2D eigenvalue weighted by atomic mass is 35.5. The van der Waals surface area contributed by atoms with Crippen LogP contribution < -0.4 is 10.6 Å². The van der Waals surface area contributed by atoms with Crippen LogP contribution in [0.15, 0.2) is 60.7 Å². The molecule has 2 rings (SSSR count). The van der Waals surface area contributed by atoms with Gasteiger partial charge in [0, 0.05) is 12.1 Å². The third-order valence-electron chi connectivity index (χ3n) is 4.36. The van der Waals surface area contributed by atoms with Gasteiger partial charge >= 0.3 is 0 Å². The van der Waals surface area contributed by atoms with Crippen molar-refractivity contribution >= 4 is 24.8 Å². The zero-order valence-corrected chi connectivity index (χ0v) is 17.6. The molecule has 2 N–H and O–H groups in total. The van der Waals surface area contributed by atoms with E-state index in [0.29, 0.717) is 12.1 Å². The fourth-order valence-corrected chi connectivity index (χ4v) is 3.03. The molecule has 0 aliphatic heterocycles. The lowest BCUT2D eigenvalue weighted by Gasteiger charge is -2.15. The second-order valence-electron chi connectivity index (χ2n) is 6.80. The van der Waals surface area contributed by atoms with Crippen molar-refractivity contribution in [2.75, 3.05) is 13.1 Å². The van der Waals surface area contributed by atoms with Crippen molar-refractivity contribution in [1.82, 2.24) is 10.6 Å². The van der Waals surface area contributed by atoms with E-state index in [1.165, 1.54) is 24.0 Å². The Kier molecular flexibility index (Phi) is 14.4. The smallest absolute Gasteiger partial charge is 0.00791 e. The van der Waals surface area contributed by atoms with E-state index in [4.69, 9.17) is 0 Å². The molecule has 0 spiro atoms. The Morgan fingerprint density at radius 1 is 0.615 bits per heavy atom. The highest BCUT2D eigenvalue weighted by molar-refractivity contribution is 5.85. The summed E-state index contributed by atoms with van der Waals surface area (Å²) < 4.78 is 0. The summed E-state index contributed by atoms with van der Waals surface area (Å²) in [5.74, 6) is 0. The standard InChI is InChI=1S/C22H32N2.2ClH/c1-19(17-21-11-5-3-6-12-21)23-15-9-10-16-24-20(2)18-22-13-7-4-8-14-22;;/h3-8,11-14,19-20,23-24H,9-10,15-18H2,1-2H3;2*1H. The van der Waals surface area contributed by atoms with E-state index < -0.39 is 0 Å². The molecule has 2 aromatic carbocycles. The largest absolute Gasteiger partial charge is 0.314 e. The maximum atomic E-state index is 3.63. The summed E-state index contributed by atoms with van der Waals surface area (Å²) in [4.78, 5) is 0. The molecule has 0 amide bonds. The molecule has 0 aromatic heterocycles. The van der Waals surface area contributed by atoms with Crippen LogP contribution in [0.25, 0.3) is 0 Å². The lowest BCUT2D eigenvalue weighted by atomic mass is 10.1. The molecule has 0 saturated carbocycles. The van der Waals surface area contributed by atoms with Crippen LogP contribution in [0.3, 0.4) is 0 Å². The Bertz CT molecular complexity index is 497. The monoisotopic (exact) mass is 396 g/mol. The molecule has 2 atom stereocenters. The number of benzene rings is 2. The molecule has 0 bridgehead atoms. The number of unbranched alkanes of at least 4 members (excludes halogenated alkanes) is 1. The average molecular weight is 397 g/mol. The molecule has 0 heterocycles. The van der Waals surface area contributed by atoms with Crippen molar-refractivity contribution < 1.29 is 0 Å². The van der Waals surface area contributed by atoms with Crippen LogP contribution in [-0.2, 0) is 12.8 Å². The maximum absolute atomic E-state index is 3.63. The van der Waals surface area contributed by atoms with Crippen molar-refractivity contribution in [1.29, 1.82) is 0 Å². The van der Waals surface area contributed by atoms with Gasteiger partial charge in [-0.05, 0) is 63.7 Å². The molecule has 0 saturated heterocycles. The average Bonchev–Trinajstić information content (AvgIpc) is 2.60. The minimum atomic E-state index is 0. The third-order valence-corrected chi connectivity index (χ3v) is 4.36. The number of nitrogens with one attached hydrogen (secondary N) is 2. The van der Waals surface area contributed by atoms with E-state index in [1.807, 2.05) is 0 Å². The van der Waals surface area contributed by atoms with Crippen molar-refractivity contribution in [3.8, 4) is 0 Å². The van der Waals surface area contributed by atoms with Crippen LogP contribution in [0.5, 0.6) is 0 Å². The molecule has 0 aliphatic rings. The lowest BCUT2D eigenvalue weighted by Crippen LogP contribution is -2.31. The van der Waals surface area contributed by atoms with Gasteiger partial charge in [0.25, 0.3) is 0 Å². The molecule has 0 fully saturated rings. The van der Waals surface area contributed by atoms with Gasteiger partial charge < -0.3 is 10.6 Å². The first-order chi connectivity index (χ1) is 11.7. The summed E-state index contributed by atoms with van der Waals surface area (Å²) >= 11 is 0. The SMILES string of the molecule is CC(Cc1ccccc1)NCCCCNC(C)Cc1ccccc1.Cl.Cl. The topological polar surface area (TPSA) is 24.1 Å². The number of rotatable bonds is 11. The van der Waals surface area contributed by atoms with Gasteiger partial charge in [0.2, 0.25) is 0 Å². The van der Waals surface area contributed by atoms with Crippen molar-refractivity contribution in [3.63, 3.8) is 0 Å². The van der Waals surface area contributed by atoms with E-state index >= 15 is 0 Å².